The second-order valence-corrected chi connectivity index (χ2v) is 5.45. The number of carbonyl (C=O) groups is 1. The number of nitrogens with one attached hydrogen (secondary N) is 1. The molecule has 0 saturated carbocycles. The van der Waals surface area contributed by atoms with E-state index in [4.69, 9.17) is 4.74 Å². The van der Waals surface area contributed by atoms with Crippen molar-refractivity contribution in [3.05, 3.63) is 77.9 Å². The van der Waals surface area contributed by atoms with Crippen LogP contribution < -0.4 is 10.2 Å². The minimum Gasteiger partial charge on any atom is -0.484 e. The molecule has 3 aromatic carbocycles. The highest BCUT2D eigenvalue weighted by Gasteiger charge is 2.02. The molecule has 0 bridgehead atoms. The predicted molar refractivity (Wildman–Crippen MR) is 96.4 cm³/mol. The molecular weight excluding hydrogens is 300 g/mol. The Bertz CT molecular complexity index is 887. The van der Waals surface area contributed by atoms with Gasteiger partial charge in [-0.25, -0.2) is 5.43 Å². The summed E-state index contributed by atoms with van der Waals surface area (Å²) >= 11 is 0. The highest BCUT2D eigenvalue weighted by atomic mass is 16.5. The van der Waals surface area contributed by atoms with Crippen LogP contribution in [0.25, 0.3) is 10.8 Å². The van der Waals surface area contributed by atoms with Crippen molar-refractivity contribution < 1.29 is 9.53 Å². The molecule has 0 aliphatic carbocycles. The topological polar surface area (TPSA) is 50.7 Å². The Morgan fingerprint density at radius 2 is 1.79 bits per heavy atom. The van der Waals surface area contributed by atoms with Crippen LogP contribution >= 0.6 is 0 Å². The third-order valence-corrected chi connectivity index (χ3v) is 3.67. The monoisotopic (exact) mass is 318 g/mol. The molecule has 0 saturated heterocycles. The van der Waals surface area contributed by atoms with Gasteiger partial charge in [0.2, 0.25) is 0 Å². The van der Waals surface area contributed by atoms with Crippen molar-refractivity contribution in [3.8, 4) is 5.75 Å². The molecule has 3 aromatic rings. The average molecular weight is 318 g/mol. The smallest absolute Gasteiger partial charge is 0.277 e. The van der Waals surface area contributed by atoms with E-state index in [1.807, 2.05) is 73.7 Å². The first-order chi connectivity index (χ1) is 11.7. The third kappa shape index (κ3) is 3.98. The largest absolute Gasteiger partial charge is 0.484 e. The highest BCUT2D eigenvalue weighted by molar-refractivity contribution is 5.85. The Morgan fingerprint density at radius 1 is 1.04 bits per heavy atom. The van der Waals surface area contributed by atoms with Crippen LogP contribution in [0.1, 0.15) is 11.1 Å². The van der Waals surface area contributed by atoms with Crippen LogP contribution in [-0.2, 0) is 4.79 Å². The van der Waals surface area contributed by atoms with Crippen LogP contribution in [-0.4, -0.2) is 18.7 Å². The van der Waals surface area contributed by atoms with E-state index in [0.29, 0.717) is 5.75 Å². The lowest BCUT2D eigenvalue weighted by molar-refractivity contribution is -0.123. The molecular formula is C20H18N2O2. The summed E-state index contributed by atoms with van der Waals surface area (Å²) in [5.41, 5.74) is 4.54. The van der Waals surface area contributed by atoms with Crippen LogP contribution in [0, 0.1) is 6.92 Å². The molecule has 4 heteroatoms. The first-order valence-electron chi connectivity index (χ1n) is 7.71. The highest BCUT2D eigenvalue weighted by Crippen LogP contribution is 2.20. The number of hydrogen-bond acceptors (Lipinski definition) is 3. The maximum absolute atomic E-state index is 11.8. The van der Waals surface area contributed by atoms with Crippen molar-refractivity contribution in [2.45, 2.75) is 6.92 Å². The number of nitrogens with zero attached hydrogens (tertiary/aromatic N) is 1. The quantitative estimate of drug-likeness (QED) is 0.576. The van der Waals surface area contributed by atoms with Gasteiger partial charge >= 0.3 is 0 Å². The summed E-state index contributed by atoms with van der Waals surface area (Å²) in [6, 6.07) is 21.6. The third-order valence-electron chi connectivity index (χ3n) is 3.67. The Labute approximate surface area is 140 Å². The summed E-state index contributed by atoms with van der Waals surface area (Å²) in [5, 5.41) is 6.17. The van der Waals surface area contributed by atoms with Gasteiger partial charge in [-0.2, -0.15) is 5.10 Å². The number of hydrogen-bond donors (Lipinski definition) is 1. The van der Waals surface area contributed by atoms with Gasteiger partial charge < -0.3 is 4.74 Å². The summed E-state index contributed by atoms with van der Waals surface area (Å²) in [4.78, 5) is 11.8. The van der Waals surface area contributed by atoms with Crippen molar-refractivity contribution in [1.82, 2.24) is 5.43 Å². The minimum absolute atomic E-state index is 0.0799. The van der Waals surface area contributed by atoms with Crippen molar-refractivity contribution in [2.75, 3.05) is 6.61 Å². The van der Waals surface area contributed by atoms with E-state index in [1.165, 1.54) is 0 Å². The number of benzene rings is 3. The van der Waals surface area contributed by atoms with E-state index < -0.39 is 0 Å². The number of aryl methyl sites for hydroxylation is 1. The molecule has 3 rings (SSSR count). The number of ether oxygens (including phenoxy) is 1. The van der Waals surface area contributed by atoms with E-state index in [2.05, 4.69) is 10.5 Å². The molecule has 1 amide bonds. The molecule has 0 spiro atoms. The maximum atomic E-state index is 11.8. The van der Waals surface area contributed by atoms with Gasteiger partial charge in [0.1, 0.15) is 5.75 Å². The van der Waals surface area contributed by atoms with E-state index in [1.54, 1.807) is 6.21 Å². The molecule has 1 N–H and O–H groups in total. The fourth-order valence-corrected chi connectivity index (χ4v) is 2.34. The van der Waals surface area contributed by atoms with Crippen LogP contribution in [0.3, 0.4) is 0 Å². The number of carbonyl (C=O) groups excluding carboxylic acids is 1. The van der Waals surface area contributed by atoms with Crippen LogP contribution in [0.4, 0.5) is 0 Å². The lowest BCUT2D eigenvalue weighted by atomic mass is 10.1. The molecule has 24 heavy (non-hydrogen) atoms. The number of hydrazone groups is 1. The van der Waals surface area contributed by atoms with Gasteiger partial charge in [-0.05, 0) is 41.0 Å². The first-order valence-corrected chi connectivity index (χ1v) is 7.71. The summed E-state index contributed by atoms with van der Waals surface area (Å²) < 4.78 is 5.52. The molecule has 0 aliphatic heterocycles. The van der Waals surface area contributed by atoms with E-state index in [0.717, 1.165) is 21.9 Å². The Kier molecular flexibility index (Phi) is 4.87. The fraction of sp³-hybridized carbons (Fsp3) is 0.100. The molecule has 0 heterocycles. The van der Waals surface area contributed by atoms with Gasteiger partial charge in [0.05, 0.1) is 6.21 Å². The van der Waals surface area contributed by atoms with Gasteiger partial charge in [0.25, 0.3) is 5.91 Å². The van der Waals surface area contributed by atoms with Gasteiger partial charge in [-0.15, -0.1) is 0 Å². The Hall–Kier alpha value is -3.14. The zero-order valence-electron chi connectivity index (χ0n) is 13.4. The second kappa shape index (κ2) is 7.42. The van der Waals surface area contributed by atoms with Crippen molar-refractivity contribution in [1.29, 1.82) is 0 Å². The zero-order valence-corrected chi connectivity index (χ0v) is 13.4. The Morgan fingerprint density at radius 3 is 2.62 bits per heavy atom. The van der Waals surface area contributed by atoms with Gasteiger partial charge in [-0.1, -0.05) is 54.6 Å². The zero-order chi connectivity index (χ0) is 16.8. The molecule has 0 atom stereocenters. The van der Waals surface area contributed by atoms with Crippen LogP contribution in [0.5, 0.6) is 5.75 Å². The van der Waals surface area contributed by atoms with E-state index in [-0.39, 0.29) is 12.5 Å². The summed E-state index contributed by atoms with van der Waals surface area (Å²) in [5.74, 6) is 0.361. The molecule has 0 unspecified atom stereocenters. The molecule has 120 valence electrons. The molecule has 0 aliphatic rings. The molecule has 4 nitrogen and oxygen atoms in total. The van der Waals surface area contributed by atoms with Crippen molar-refractivity contribution >= 4 is 22.9 Å². The van der Waals surface area contributed by atoms with Crippen molar-refractivity contribution in [3.63, 3.8) is 0 Å². The lowest BCUT2D eigenvalue weighted by Gasteiger charge is -2.06. The summed E-state index contributed by atoms with van der Waals surface area (Å²) in [6.07, 6.45) is 1.63. The molecule has 0 radical (unpaired) electrons. The second-order valence-electron chi connectivity index (χ2n) is 5.45. The summed E-state index contributed by atoms with van der Waals surface area (Å²) in [6.45, 7) is 1.91. The number of fused-ring (bicyclic) bond motifs is 1. The average Bonchev–Trinajstić information content (AvgIpc) is 2.61. The normalized spacial score (nSPS) is 10.9. The fourth-order valence-electron chi connectivity index (χ4n) is 2.34. The number of amides is 1. The van der Waals surface area contributed by atoms with Gasteiger partial charge in [0, 0.05) is 0 Å². The summed E-state index contributed by atoms with van der Waals surface area (Å²) in [7, 11) is 0. The lowest BCUT2D eigenvalue weighted by Crippen LogP contribution is -2.24. The van der Waals surface area contributed by atoms with Gasteiger partial charge in [0.15, 0.2) is 6.61 Å². The molecule has 0 aromatic heterocycles. The molecule has 0 fully saturated rings. The van der Waals surface area contributed by atoms with E-state index in [9.17, 15) is 4.79 Å². The minimum atomic E-state index is -0.298. The van der Waals surface area contributed by atoms with E-state index >= 15 is 0 Å². The Balaban J connectivity index is 1.54. The maximum Gasteiger partial charge on any atom is 0.277 e. The first kappa shape index (κ1) is 15.7. The SMILES string of the molecule is Cc1ccccc1/C=N\NC(=O)COc1ccc2ccccc2c1. The standard InChI is InChI=1S/C20H18N2O2/c1-15-6-2-3-9-18(15)13-21-22-20(23)14-24-19-11-10-16-7-4-5-8-17(16)12-19/h2-13H,14H2,1H3,(H,22,23)/b21-13-. The number of rotatable bonds is 5. The van der Waals surface area contributed by atoms with Crippen molar-refractivity contribution in [2.24, 2.45) is 5.10 Å². The van der Waals surface area contributed by atoms with Gasteiger partial charge in [-0.3, -0.25) is 4.79 Å². The predicted octanol–water partition coefficient (Wildman–Crippen LogP) is 3.68. The van der Waals surface area contributed by atoms with Crippen LogP contribution in [0.2, 0.25) is 0 Å². The van der Waals surface area contributed by atoms with Crippen LogP contribution in [0.15, 0.2) is 71.8 Å².